The predicted molar refractivity (Wildman–Crippen MR) is 79.3 cm³/mol. The number of ether oxygens (including phenoxy) is 2. The quantitative estimate of drug-likeness (QED) is 0.787. The van der Waals surface area contributed by atoms with Crippen molar-refractivity contribution in [2.75, 3.05) is 14.2 Å². The Morgan fingerprint density at radius 3 is 2.23 bits per heavy atom. The lowest BCUT2D eigenvalue weighted by molar-refractivity contribution is 0.0973. The fraction of sp³-hybridized carbons (Fsp3) is 0.176. The van der Waals surface area contributed by atoms with Gasteiger partial charge in [0.05, 0.1) is 25.3 Å². The molecule has 0 unspecified atom stereocenters. The summed E-state index contributed by atoms with van der Waals surface area (Å²) in [6.45, 7) is 1.68. The fourth-order valence-electron chi connectivity index (χ4n) is 2.67. The highest BCUT2D eigenvalue weighted by Crippen LogP contribution is 2.39. The molecule has 0 aliphatic heterocycles. The first kappa shape index (κ1) is 14.1. The summed E-state index contributed by atoms with van der Waals surface area (Å²) in [5.41, 5.74) is 1.13. The molecule has 0 bridgehead atoms. The summed E-state index contributed by atoms with van der Waals surface area (Å²) in [6, 6.07) is 6.21. The zero-order valence-corrected chi connectivity index (χ0v) is 12.4. The van der Waals surface area contributed by atoms with Crippen LogP contribution < -0.4 is 9.47 Å². The van der Waals surface area contributed by atoms with E-state index in [4.69, 9.17) is 9.47 Å². The van der Waals surface area contributed by atoms with Crippen molar-refractivity contribution in [3.8, 4) is 17.2 Å². The van der Waals surface area contributed by atoms with Crippen molar-refractivity contribution in [3.05, 3.63) is 52.1 Å². The first-order chi connectivity index (χ1) is 10.5. The van der Waals surface area contributed by atoms with Crippen LogP contribution in [-0.2, 0) is 0 Å². The minimum atomic E-state index is -0.414. The number of hydrogen-bond acceptors (Lipinski definition) is 5. The number of aromatic hydroxyl groups is 1. The molecule has 0 aromatic heterocycles. The minimum Gasteiger partial charge on any atom is -0.507 e. The van der Waals surface area contributed by atoms with Crippen LogP contribution in [0.2, 0.25) is 0 Å². The number of rotatable bonds is 2. The van der Waals surface area contributed by atoms with E-state index in [1.807, 2.05) is 0 Å². The smallest absolute Gasteiger partial charge is 0.198 e. The second-order valence-electron chi connectivity index (χ2n) is 5.06. The van der Waals surface area contributed by atoms with Crippen molar-refractivity contribution < 1.29 is 24.2 Å². The maximum atomic E-state index is 12.7. The Morgan fingerprint density at radius 1 is 0.909 bits per heavy atom. The summed E-state index contributed by atoms with van der Waals surface area (Å²) in [4.78, 5) is 25.5. The topological polar surface area (TPSA) is 72.8 Å². The van der Waals surface area contributed by atoms with Gasteiger partial charge in [0, 0.05) is 17.2 Å². The Balaban J connectivity index is 2.36. The second-order valence-corrected chi connectivity index (χ2v) is 5.06. The van der Waals surface area contributed by atoms with E-state index in [-0.39, 0.29) is 39.5 Å². The maximum absolute atomic E-state index is 12.7. The largest absolute Gasteiger partial charge is 0.507 e. The van der Waals surface area contributed by atoms with Crippen molar-refractivity contribution in [3.63, 3.8) is 0 Å². The van der Waals surface area contributed by atoms with Gasteiger partial charge in [-0.05, 0) is 24.6 Å². The number of hydrogen-bond donors (Lipinski definition) is 1. The Hall–Kier alpha value is -2.82. The predicted octanol–water partition coefficient (Wildman–Crippen LogP) is 2.49. The van der Waals surface area contributed by atoms with Gasteiger partial charge in [0.25, 0.3) is 0 Å². The van der Waals surface area contributed by atoms with Crippen LogP contribution in [0, 0.1) is 6.92 Å². The van der Waals surface area contributed by atoms with Crippen LogP contribution in [0.3, 0.4) is 0 Å². The number of phenols is 1. The number of methoxy groups -OCH3 is 2. The zero-order chi connectivity index (χ0) is 16.0. The third-order valence-corrected chi connectivity index (χ3v) is 3.85. The van der Waals surface area contributed by atoms with E-state index in [9.17, 15) is 14.7 Å². The molecule has 1 N–H and O–H groups in total. The van der Waals surface area contributed by atoms with Gasteiger partial charge in [-0.15, -0.1) is 0 Å². The van der Waals surface area contributed by atoms with Gasteiger partial charge in [-0.2, -0.15) is 0 Å². The lowest BCUT2D eigenvalue weighted by Crippen LogP contribution is -2.22. The number of carbonyl (C=O) groups is 2. The van der Waals surface area contributed by atoms with Gasteiger partial charge in [0.15, 0.2) is 11.6 Å². The maximum Gasteiger partial charge on any atom is 0.198 e. The Bertz CT molecular complexity index is 820. The number of carbonyl (C=O) groups excluding carboxylic acids is 2. The van der Waals surface area contributed by atoms with Gasteiger partial charge in [-0.1, -0.05) is 6.07 Å². The molecule has 0 saturated heterocycles. The van der Waals surface area contributed by atoms with Gasteiger partial charge < -0.3 is 14.6 Å². The lowest BCUT2D eigenvalue weighted by atomic mass is 9.82. The van der Waals surface area contributed by atoms with Gasteiger partial charge in [0.2, 0.25) is 0 Å². The van der Waals surface area contributed by atoms with Gasteiger partial charge in [-0.25, -0.2) is 0 Å². The van der Waals surface area contributed by atoms with E-state index in [0.717, 1.165) is 0 Å². The van der Waals surface area contributed by atoms with E-state index >= 15 is 0 Å². The highest BCUT2D eigenvalue weighted by molar-refractivity contribution is 6.30. The molecule has 1 aliphatic rings. The summed E-state index contributed by atoms with van der Waals surface area (Å²) in [5, 5.41) is 10.2. The third-order valence-electron chi connectivity index (χ3n) is 3.85. The molecule has 0 saturated carbocycles. The monoisotopic (exact) mass is 298 g/mol. The van der Waals surface area contributed by atoms with E-state index in [1.165, 1.54) is 20.3 Å². The van der Waals surface area contributed by atoms with Crippen LogP contribution >= 0.6 is 0 Å². The number of phenolic OH excluding ortho intramolecular Hbond substituents is 1. The standard InChI is InChI=1S/C17H14O5/c1-8-4-5-10-14(15(8)18)17(20)11-6-9(21-2)7-12(22-3)13(11)16(10)19/h4-7,18H,1-3H3. The Labute approximate surface area is 127 Å². The van der Waals surface area contributed by atoms with E-state index in [1.54, 1.807) is 25.1 Å². The molecule has 0 fully saturated rings. The average Bonchev–Trinajstić information content (AvgIpc) is 2.53. The highest BCUT2D eigenvalue weighted by atomic mass is 16.5. The van der Waals surface area contributed by atoms with E-state index < -0.39 is 5.78 Å². The molecular weight excluding hydrogens is 284 g/mol. The van der Waals surface area contributed by atoms with Crippen LogP contribution in [0.5, 0.6) is 17.2 Å². The van der Waals surface area contributed by atoms with Gasteiger partial charge >= 0.3 is 0 Å². The van der Waals surface area contributed by atoms with E-state index in [0.29, 0.717) is 11.3 Å². The van der Waals surface area contributed by atoms with Crippen molar-refractivity contribution in [1.29, 1.82) is 0 Å². The molecule has 0 atom stereocenters. The van der Waals surface area contributed by atoms with Crippen molar-refractivity contribution in [2.45, 2.75) is 6.92 Å². The average molecular weight is 298 g/mol. The fourth-order valence-corrected chi connectivity index (χ4v) is 2.67. The Kier molecular flexibility index (Phi) is 3.13. The summed E-state index contributed by atoms with van der Waals surface area (Å²) >= 11 is 0. The zero-order valence-electron chi connectivity index (χ0n) is 12.4. The van der Waals surface area contributed by atoms with Crippen molar-refractivity contribution in [2.24, 2.45) is 0 Å². The van der Waals surface area contributed by atoms with Crippen LogP contribution in [0.4, 0.5) is 0 Å². The first-order valence-electron chi connectivity index (χ1n) is 6.67. The number of benzene rings is 2. The number of ketones is 2. The lowest BCUT2D eigenvalue weighted by Gasteiger charge is -2.21. The SMILES string of the molecule is COc1cc(OC)c2c(c1)C(=O)c1c(ccc(C)c1O)C2=O. The van der Waals surface area contributed by atoms with Crippen molar-refractivity contribution >= 4 is 11.6 Å². The Morgan fingerprint density at radius 2 is 1.59 bits per heavy atom. The molecule has 0 amide bonds. The van der Waals surface area contributed by atoms with Gasteiger partial charge in [0.1, 0.15) is 17.2 Å². The second kappa shape index (κ2) is 4.87. The number of fused-ring (bicyclic) bond motifs is 2. The summed E-state index contributed by atoms with van der Waals surface area (Å²) in [6.07, 6.45) is 0. The molecule has 0 spiro atoms. The molecule has 2 aromatic carbocycles. The summed E-state index contributed by atoms with van der Waals surface area (Å²) < 4.78 is 10.4. The normalized spacial score (nSPS) is 12.7. The molecule has 2 aromatic rings. The molecule has 22 heavy (non-hydrogen) atoms. The van der Waals surface area contributed by atoms with Crippen LogP contribution in [0.1, 0.15) is 37.4 Å². The first-order valence-corrected chi connectivity index (χ1v) is 6.67. The number of aryl methyl sites for hydroxylation is 1. The molecular formula is C17H14O5. The highest BCUT2D eigenvalue weighted by Gasteiger charge is 2.35. The van der Waals surface area contributed by atoms with Gasteiger partial charge in [-0.3, -0.25) is 9.59 Å². The summed E-state index contributed by atoms with van der Waals surface area (Å²) in [7, 11) is 2.89. The van der Waals surface area contributed by atoms with Crippen LogP contribution in [0.15, 0.2) is 24.3 Å². The molecule has 1 aliphatic carbocycles. The third kappa shape index (κ3) is 1.79. The molecule has 5 nitrogen and oxygen atoms in total. The van der Waals surface area contributed by atoms with Crippen molar-refractivity contribution in [1.82, 2.24) is 0 Å². The molecule has 112 valence electrons. The van der Waals surface area contributed by atoms with Crippen LogP contribution in [-0.4, -0.2) is 30.9 Å². The van der Waals surface area contributed by atoms with Crippen LogP contribution in [0.25, 0.3) is 0 Å². The molecule has 5 heteroatoms. The summed E-state index contributed by atoms with van der Waals surface area (Å²) in [5.74, 6) is -0.239. The van der Waals surface area contributed by atoms with E-state index in [2.05, 4.69) is 0 Å². The molecule has 3 rings (SSSR count). The molecule has 0 heterocycles. The minimum absolute atomic E-state index is 0.0350. The molecule has 0 radical (unpaired) electrons.